The predicted molar refractivity (Wildman–Crippen MR) is 202 cm³/mol. The summed E-state index contributed by atoms with van der Waals surface area (Å²) in [5.74, 6) is 0.900. The molecule has 0 radical (unpaired) electrons. The molecular weight excluding hydrogens is 528 g/mol. The molecule has 0 aliphatic rings. The number of hydrogen-bond acceptors (Lipinski definition) is 0. The fourth-order valence-electron chi connectivity index (χ4n) is 7.26. The Labute approximate surface area is 279 Å². The van der Waals surface area contributed by atoms with Crippen LogP contribution in [-0.2, 0) is 6.42 Å². The topological polar surface area (TPSA) is 0 Å². The van der Waals surface area contributed by atoms with Crippen molar-refractivity contribution in [1.82, 2.24) is 0 Å². The molecule has 0 aromatic heterocycles. The second kappa shape index (κ2) is 35.1. The van der Waals surface area contributed by atoms with E-state index in [9.17, 15) is 0 Å². The summed E-state index contributed by atoms with van der Waals surface area (Å²) >= 11 is 0. The molecule has 0 saturated heterocycles. The van der Waals surface area contributed by atoms with Gasteiger partial charge in [-0.25, -0.2) is 0 Å². The molecule has 0 bridgehead atoms. The second-order valence-electron chi connectivity index (χ2n) is 14.7. The first kappa shape index (κ1) is 41.2. The van der Waals surface area contributed by atoms with Gasteiger partial charge in [-0.1, -0.05) is 262 Å². The highest BCUT2D eigenvalue weighted by Crippen LogP contribution is 2.24. The lowest BCUT2D eigenvalue weighted by molar-refractivity contribution is 0.399. The van der Waals surface area contributed by atoms with Crippen LogP contribution in [0, 0.1) is 5.92 Å². The quantitative estimate of drug-likeness (QED) is 0.0663. The molecule has 0 N–H and O–H groups in total. The molecule has 258 valence electrons. The maximum Gasteiger partial charge on any atom is -0.0250 e. The van der Waals surface area contributed by atoms with Crippen molar-refractivity contribution in [2.24, 2.45) is 5.92 Å². The molecule has 1 aromatic rings. The molecule has 1 aromatic carbocycles. The first-order chi connectivity index (χ1) is 21.9. The van der Waals surface area contributed by atoms with E-state index in [1.165, 1.54) is 225 Å². The van der Waals surface area contributed by atoms with Crippen LogP contribution in [-0.4, -0.2) is 0 Å². The second-order valence-corrected chi connectivity index (χ2v) is 14.7. The molecule has 0 heterocycles. The van der Waals surface area contributed by atoms with E-state index in [0.29, 0.717) is 0 Å². The van der Waals surface area contributed by atoms with E-state index < -0.39 is 0 Å². The Morgan fingerprint density at radius 3 is 0.841 bits per heavy atom. The third-order valence-corrected chi connectivity index (χ3v) is 10.3. The monoisotopic (exact) mass is 611 g/mol. The molecule has 0 spiro atoms. The molecule has 1 rings (SSSR count). The van der Waals surface area contributed by atoms with Gasteiger partial charge in [-0.3, -0.25) is 0 Å². The third kappa shape index (κ3) is 29.9. The molecule has 0 aliphatic heterocycles. The van der Waals surface area contributed by atoms with Gasteiger partial charge in [0.25, 0.3) is 0 Å². The molecule has 0 aliphatic carbocycles. The van der Waals surface area contributed by atoms with Crippen molar-refractivity contribution in [3.05, 3.63) is 35.9 Å². The van der Waals surface area contributed by atoms with Crippen LogP contribution in [0.25, 0.3) is 0 Å². The molecule has 0 fully saturated rings. The molecule has 0 nitrogen and oxygen atoms in total. The molecule has 0 saturated carbocycles. The van der Waals surface area contributed by atoms with Crippen molar-refractivity contribution in [2.75, 3.05) is 0 Å². The summed E-state index contributed by atoms with van der Waals surface area (Å²) in [5.41, 5.74) is 1.56. The number of hydrogen-bond donors (Lipinski definition) is 0. The highest BCUT2D eigenvalue weighted by Gasteiger charge is 2.10. The Balaban J connectivity index is 1.92. The smallest absolute Gasteiger partial charge is 0.0250 e. The van der Waals surface area contributed by atoms with E-state index in [4.69, 9.17) is 0 Å². The van der Waals surface area contributed by atoms with Crippen LogP contribution in [0.3, 0.4) is 0 Å². The van der Waals surface area contributed by atoms with Gasteiger partial charge < -0.3 is 0 Å². The summed E-state index contributed by atoms with van der Waals surface area (Å²) in [6, 6.07) is 11.3. The third-order valence-electron chi connectivity index (χ3n) is 10.3. The van der Waals surface area contributed by atoms with Crippen molar-refractivity contribution < 1.29 is 0 Å². The Morgan fingerprint density at radius 2 is 0.568 bits per heavy atom. The lowest BCUT2D eigenvalue weighted by atomic mass is 9.88. The van der Waals surface area contributed by atoms with Crippen LogP contribution >= 0.6 is 0 Å². The summed E-state index contributed by atoms with van der Waals surface area (Å²) in [5, 5.41) is 0. The summed E-state index contributed by atoms with van der Waals surface area (Å²) in [6.07, 6.45) is 51.1. The minimum Gasteiger partial charge on any atom is -0.0654 e. The fourth-order valence-corrected chi connectivity index (χ4v) is 7.26. The number of rotatable bonds is 36. The van der Waals surface area contributed by atoms with Crippen LogP contribution in [0.1, 0.15) is 238 Å². The van der Waals surface area contributed by atoms with E-state index in [0.717, 1.165) is 5.92 Å². The van der Waals surface area contributed by atoms with Crippen LogP contribution in [0.5, 0.6) is 0 Å². The Hall–Kier alpha value is -0.780. The van der Waals surface area contributed by atoms with Gasteiger partial charge in [0.2, 0.25) is 0 Å². The molecular formula is C44H82. The summed E-state index contributed by atoms with van der Waals surface area (Å²) in [7, 11) is 0. The minimum atomic E-state index is 0.900. The van der Waals surface area contributed by atoms with E-state index in [-0.39, 0.29) is 0 Å². The van der Waals surface area contributed by atoms with Gasteiger partial charge in [0.1, 0.15) is 0 Å². The lowest BCUT2D eigenvalue weighted by Gasteiger charge is -2.17. The highest BCUT2D eigenvalue weighted by atomic mass is 14.2. The van der Waals surface area contributed by atoms with Crippen LogP contribution in [0.15, 0.2) is 30.3 Å². The molecule has 44 heavy (non-hydrogen) atoms. The van der Waals surface area contributed by atoms with Gasteiger partial charge in [-0.2, -0.15) is 0 Å². The van der Waals surface area contributed by atoms with Crippen molar-refractivity contribution in [3.63, 3.8) is 0 Å². The average Bonchev–Trinajstić information content (AvgIpc) is 3.04. The molecule has 1 unspecified atom stereocenters. The normalized spacial score (nSPS) is 12.2. The first-order valence-corrected chi connectivity index (χ1v) is 20.9. The summed E-state index contributed by atoms with van der Waals surface area (Å²) < 4.78 is 0. The van der Waals surface area contributed by atoms with Gasteiger partial charge >= 0.3 is 0 Å². The van der Waals surface area contributed by atoms with E-state index >= 15 is 0 Å². The van der Waals surface area contributed by atoms with Crippen molar-refractivity contribution in [2.45, 2.75) is 239 Å². The Bertz CT molecular complexity index is 633. The van der Waals surface area contributed by atoms with Crippen molar-refractivity contribution >= 4 is 0 Å². The maximum absolute atomic E-state index is 2.35. The van der Waals surface area contributed by atoms with Crippen LogP contribution in [0.4, 0.5) is 0 Å². The average molecular weight is 611 g/mol. The van der Waals surface area contributed by atoms with Crippen LogP contribution < -0.4 is 0 Å². The standard InChI is InChI=1S/C44H82/c1-3-5-7-9-11-13-15-16-17-18-19-20-21-22-23-24-25-26-28-30-32-35-39-43(42-44-40-36-33-37-41-44)38-34-31-29-27-14-12-10-8-6-4-2/h33,36-37,40-41,43H,3-32,34-35,38-39,42H2,1-2H3. The zero-order valence-corrected chi connectivity index (χ0v) is 30.7. The minimum absolute atomic E-state index is 0.900. The van der Waals surface area contributed by atoms with E-state index in [2.05, 4.69) is 44.2 Å². The Kier molecular flexibility index (Phi) is 32.9. The van der Waals surface area contributed by atoms with Crippen molar-refractivity contribution in [1.29, 1.82) is 0 Å². The zero-order valence-electron chi connectivity index (χ0n) is 30.7. The predicted octanol–water partition coefficient (Wildman–Crippen LogP) is 16.1. The van der Waals surface area contributed by atoms with E-state index in [1.807, 2.05) is 0 Å². The molecule has 1 atom stereocenters. The zero-order chi connectivity index (χ0) is 31.4. The van der Waals surface area contributed by atoms with Gasteiger partial charge in [-0.05, 0) is 17.9 Å². The largest absolute Gasteiger partial charge is 0.0654 e. The van der Waals surface area contributed by atoms with Crippen molar-refractivity contribution in [3.8, 4) is 0 Å². The molecule has 0 amide bonds. The molecule has 0 heteroatoms. The number of benzene rings is 1. The first-order valence-electron chi connectivity index (χ1n) is 20.9. The lowest BCUT2D eigenvalue weighted by Crippen LogP contribution is -2.05. The summed E-state index contributed by atoms with van der Waals surface area (Å²) in [6.45, 7) is 4.62. The Morgan fingerprint density at radius 1 is 0.318 bits per heavy atom. The SMILES string of the molecule is CCCCCCCCCCCCCCCCCCCCCCCCC(CCCCCCCCCCCC)Cc1ccccc1. The van der Waals surface area contributed by atoms with Gasteiger partial charge in [0.15, 0.2) is 0 Å². The van der Waals surface area contributed by atoms with E-state index in [1.54, 1.807) is 5.56 Å². The van der Waals surface area contributed by atoms with Gasteiger partial charge in [0, 0.05) is 0 Å². The maximum atomic E-state index is 2.35. The number of unbranched alkanes of at least 4 members (excludes halogenated alkanes) is 30. The highest BCUT2D eigenvalue weighted by molar-refractivity contribution is 5.15. The van der Waals surface area contributed by atoms with Crippen LogP contribution in [0.2, 0.25) is 0 Å². The summed E-state index contributed by atoms with van der Waals surface area (Å²) in [4.78, 5) is 0. The fraction of sp³-hybridized carbons (Fsp3) is 0.864. The van der Waals surface area contributed by atoms with Gasteiger partial charge in [0.05, 0.1) is 0 Å². The van der Waals surface area contributed by atoms with Gasteiger partial charge in [-0.15, -0.1) is 0 Å².